The number of aromatic nitrogens is 1. The van der Waals surface area contributed by atoms with Gasteiger partial charge in [-0.15, -0.1) is 0 Å². The molecule has 18 heavy (non-hydrogen) atoms. The van der Waals surface area contributed by atoms with Crippen molar-refractivity contribution in [2.24, 2.45) is 0 Å². The topological polar surface area (TPSA) is 68.3 Å². The number of rotatable bonds is 5. The van der Waals surface area contributed by atoms with Crippen molar-refractivity contribution in [3.8, 4) is 5.88 Å². The number of unbranched alkanes of at least 4 members (excludes halogenated alkanes) is 1. The molecule has 1 N–H and O–H groups in total. The van der Waals surface area contributed by atoms with E-state index in [1.807, 2.05) is 0 Å². The lowest BCUT2D eigenvalue weighted by Crippen LogP contribution is -2.20. The number of carbonyl (C=O) groups is 2. The fourth-order valence-corrected chi connectivity index (χ4v) is 2.29. The lowest BCUT2D eigenvalue weighted by atomic mass is 10.1. The van der Waals surface area contributed by atoms with E-state index in [4.69, 9.17) is 4.74 Å². The second-order valence-electron chi connectivity index (χ2n) is 3.98. The van der Waals surface area contributed by atoms with E-state index in [1.54, 1.807) is 6.20 Å². The molecule has 0 aliphatic carbocycles. The standard InChI is InChI=1S/C12H13BrN2O3/c13-10-11-8(3-4-9(17)15-11)7-14-12(10)18-6-2-1-5-16/h5,7H,1-4,6H2,(H,15,17). The molecule has 0 atom stereocenters. The lowest BCUT2D eigenvalue weighted by molar-refractivity contribution is -0.116. The van der Waals surface area contributed by atoms with E-state index in [1.165, 1.54) is 0 Å². The van der Waals surface area contributed by atoms with Crippen LogP contribution >= 0.6 is 15.9 Å². The Labute approximate surface area is 113 Å². The Morgan fingerprint density at radius 3 is 3.11 bits per heavy atom. The highest BCUT2D eigenvalue weighted by molar-refractivity contribution is 9.10. The normalized spacial score (nSPS) is 13.7. The Hall–Kier alpha value is -1.43. The summed E-state index contributed by atoms with van der Waals surface area (Å²) in [5.41, 5.74) is 1.74. The Bertz CT molecular complexity index is 477. The average Bonchev–Trinajstić information content (AvgIpc) is 2.38. The lowest BCUT2D eigenvalue weighted by Gasteiger charge is -2.19. The number of hydrogen-bond acceptors (Lipinski definition) is 4. The molecule has 1 aliphatic rings. The third-order valence-corrected chi connectivity index (χ3v) is 3.39. The molecule has 0 radical (unpaired) electrons. The van der Waals surface area contributed by atoms with E-state index < -0.39 is 0 Å². The summed E-state index contributed by atoms with van der Waals surface area (Å²) in [6.45, 7) is 0.428. The first-order chi connectivity index (χ1) is 8.72. The zero-order chi connectivity index (χ0) is 13.0. The number of amides is 1. The maximum absolute atomic E-state index is 11.4. The number of anilines is 1. The first-order valence-corrected chi connectivity index (χ1v) is 6.55. The fourth-order valence-electron chi connectivity index (χ4n) is 1.72. The molecule has 1 aliphatic heterocycles. The van der Waals surface area contributed by atoms with E-state index in [-0.39, 0.29) is 5.91 Å². The van der Waals surface area contributed by atoms with Crippen LogP contribution in [0.5, 0.6) is 5.88 Å². The largest absolute Gasteiger partial charge is 0.477 e. The van der Waals surface area contributed by atoms with Crippen LogP contribution in [0.1, 0.15) is 24.8 Å². The Morgan fingerprint density at radius 1 is 1.50 bits per heavy atom. The molecule has 1 aromatic rings. The highest BCUT2D eigenvalue weighted by Crippen LogP contribution is 2.36. The quantitative estimate of drug-likeness (QED) is 0.667. The van der Waals surface area contributed by atoms with Crippen molar-refractivity contribution < 1.29 is 14.3 Å². The molecule has 0 spiro atoms. The van der Waals surface area contributed by atoms with Crippen LogP contribution in [0.2, 0.25) is 0 Å². The Morgan fingerprint density at radius 2 is 2.33 bits per heavy atom. The molecule has 1 aromatic heterocycles. The van der Waals surface area contributed by atoms with Gasteiger partial charge in [0.25, 0.3) is 0 Å². The highest BCUT2D eigenvalue weighted by Gasteiger charge is 2.20. The molecule has 96 valence electrons. The van der Waals surface area contributed by atoms with E-state index in [9.17, 15) is 9.59 Å². The van der Waals surface area contributed by atoms with Crippen LogP contribution in [0.3, 0.4) is 0 Å². The van der Waals surface area contributed by atoms with Gasteiger partial charge in [0, 0.05) is 19.0 Å². The summed E-state index contributed by atoms with van der Waals surface area (Å²) in [7, 11) is 0. The molecular formula is C12H13BrN2O3. The SMILES string of the molecule is O=CCCCOc1ncc2c(c1Br)NC(=O)CC2. The number of pyridine rings is 1. The molecule has 0 bridgehead atoms. The number of ether oxygens (including phenoxy) is 1. The summed E-state index contributed by atoms with van der Waals surface area (Å²) >= 11 is 3.39. The molecule has 5 nitrogen and oxygen atoms in total. The number of fused-ring (bicyclic) bond motifs is 1. The van der Waals surface area contributed by atoms with E-state index in [2.05, 4.69) is 26.2 Å². The molecular weight excluding hydrogens is 300 g/mol. The van der Waals surface area contributed by atoms with Crippen molar-refractivity contribution in [2.45, 2.75) is 25.7 Å². The van der Waals surface area contributed by atoms with Crippen molar-refractivity contribution in [2.75, 3.05) is 11.9 Å². The zero-order valence-corrected chi connectivity index (χ0v) is 11.3. The summed E-state index contributed by atoms with van der Waals surface area (Å²) in [6.07, 6.45) is 4.88. The number of nitrogens with one attached hydrogen (secondary N) is 1. The number of hydrogen-bond donors (Lipinski definition) is 1. The van der Waals surface area contributed by atoms with Gasteiger partial charge in [-0.1, -0.05) is 0 Å². The summed E-state index contributed by atoms with van der Waals surface area (Å²) in [5.74, 6) is 0.447. The van der Waals surface area contributed by atoms with Gasteiger partial charge in [0.2, 0.25) is 11.8 Å². The van der Waals surface area contributed by atoms with E-state index in [0.29, 0.717) is 42.6 Å². The summed E-state index contributed by atoms with van der Waals surface area (Å²) in [5, 5.41) is 2.81. The van der Waals surface area contributed by atoms with Crippen LogP contribution < -0.4 is 10.1 Å². The summed E-state index contributed by atoms with van der Waals surface area (Å²) in [4.78, 5) is 25.7. The second kappa shape index (κ2) is 5.95. The minimum absolute atomic E-state index is 0.00121. The molecule has 6 heteroatoms. The predicted molar refractivity (Wildman–Crippen MR) is 69.7 cm³/mol. The Balaban J connectivity index is 2.10. The van der Waals surface area contributed by atoms with Gasteiger partial charge < -0.3 is 14.8 Å². The van der Waals surface area contributed by atoms with Crippen molar-refractivity contribution in [1.82, 2.24) is 4.98 Å². The van der Waals surface area contributed by atoms with Crippen molar-refractivity contribution in [1.29, 1.82) is 0 Å². The third-order valence-electron chi connectivity index (χ3n) is 2.66. The molecule has 2 heterocycles. The fraction of sp³-hybridized carbons (Fsp3) is 0.417. The zero-order valence-electron chi connectivity index (χ0n) is 9.74. The van der Waals surface area contributed by atoms with Crippen LogP contribution in [0.4, 0.5) is 5.69 Å². The monoisotopic (exact) mass is 312 g/mol. The van der Waals surface area contributed by atoms with Gasteiger partial charge in [-0.2, -0.15) is 0 Å². The maximum atomic E-state index is 11.4. The number of carbonyl (C=O) groups excluding carboxylic acids is 2. The van der Waals surface area contributed by atoms with E-state index in [0.717, 1.165) is 17.5 Å². The maximum Gasteiger partial charge on any atom is 0.230 e. The van der Waals surface area contributed by atoms with Crippen molar-refractivity contribution >= 4 is 33.8 Å². The molecule has 1 amide bonds. The summed E-state index contributed by atoms with van der Waals surface area (Å²) < 4.78 is 6.14. The van der Waals surface area contributed by atoms with Gasteiger partial charge in [-0.25, -0.2) is 4.98 Å². The van der Waals surface area contributed by atoms with Gasteiger partial charge in [-0.3, -0.25) is 4.79 Å². The van der Waals surface area contributed by atoms with Gasteiger partial charge in [-0.05, 0) is 34.3 Å². The van der Waals surface area contributed by atoms with Crippen LogP contribution in [-0.2, 0) is 16.0 Å². The molecule has 2 rings (SSSR count). The minimum Gasteiger partial charge on any atom is -0.477 e. The number of aldehydes is 1. The third kappa shape index (κ3) is 2.87. The number of halogens is 1. The van der Waals surface area contributed by atoms with Crippen molar-refractivity contribution in [3.63, 3.8) is 0 Å². The first-order valence-electron chi connectivity index (χ1n) is 5.76. The van der Waals surface area contributed by atoms with Crippen LogP contribution in [0.15, 0.2) is 10.7 Å². The molecule has 0 unspecified atom stereocenters. The van der Waals surface area contributed by atoms with Crippen molar-refractivity contribution in [3.05, 3.63) is 16.2 Å². The predicted octanol–water partition coefficient (Wildman–Crippen LogP) is 2.09. The minimum atomic E-state index is 0.00121. The average molecular weight is 313 g/mol. The number of aryl methyl sites for hydroxylation is 1. The van der Waals surface area contributed by atoms with Gasteiger partial charge in [0.05, 0.1) is 12.3 Å². The Kier molecular flexibility index (Phi) is 4.30. The van der Waals surface area contributed by atoms with Gasteiger partial charge >= 0.3 is 0 Å². The van der Waals surface area contributed by atoms with Gasteiger partial charge in [0.1, 0.15) is 10.8 Å². The highest BCUT2D eigenvalue weighted by atomic mass is 79.9. The molecule has 0 aromatic carbocycles. The second-order valence-corrected chi connectivity index (χ2v) is 4.78. The molecule has 0 saturated carbocycles. The first kappa shape index (κ1) is 13.0. The van der Waals surface area contributed by atoms with Crippen LogP contribution in [0.25, 0.3) is 0 Å². The van der Waals surface area contributed by atoms with E-state index >= 15 is 0 Å². The molecule has 0 fully saturated rings. The van der Waals surface area contributed by atoms with Crippen LogP contribution in [-0.4, -0.2) is 23.8 Å². The molecule has 0 saturated heterocycles. The van der Waals surface area contributed by atoms with Gasteiger partial charge in [0.15, 0.2) is 0 Å². The number of nitrogens with zero attached hydrogens (tertiary/aromatic N) is 1. The smallest absolute Gasteiger partial charge is 0.230 e. The summed E-state index contributed by atoms with van der Waals surface area (Å²) in [6, 6.07) is 0. The van der Waals surface area contributed by atoms with Crippen LogP contribution in [0, 0.1) is 0 Å².